The predicted octanol–water partition coefficient (Wildman–Crippen LogP) is 4.88. The lowest BCUT2D eigenvalue weighted by atomic mass is 10.2. The van der Waals surface area contributed by atoms with E-state index in [0.29, 0.717) is 15.5 Å². The molecule has 0 atom stereocenters. The van der Waals surface area contributed by atoms with Crippen molar-refractivity contribution in [2.75, 3.05) is 4.31 Å². The largest absolute Gasteiger partial charge is 0.327 e. The van der Waals surface area contributed by atoms with Crippen LogP contribution in [0.15, 0.2) is 100 Å². The van der Waals surface area contributed by atoms with Gasteiger partial charge in [-0.2, -0.15) is 4.99 Å². The Kier molecular flexibility index (Phi) is 6.78. The molecule has 0 bridgehead atoms. The minimum Gasteiger partial charge on any atom is -0.327 e. The topological polar surface area (TPSA) is 71.7 Å². The summed E-state index contributed by atoms with van der Waals surface area (Å²) in [5.41, 5.74) is 1.49. The normalized spacial score (nSPS) is 12.0. The Balaban J connectivity index is 1.75. The van der Waals surface area contributed by atoms with Gasteiger partial charge in [0.05, 0.1) is 17.1 Å². The molecule has 0 aliphatic carbocycles. The van der Waals surface area contributed by atoms with Crippen molar-refractivity contribution >= 4 is 44.6 Å². The van der Waals surface area contributed by atoms with Gasteiger partial charge in [-0.1, -0.05) is 48.0 Å². The number of thiazole rings is 1. The second kappa shape index (κ2) is 9.74. The fraction of sp³-hybridized carbons (Fsp3) is 0.0833. The number of carbonyl (C=O) groups excluding carboxylic acids is 1. The smallest absolute Gasteiger partial charge is 0.279 e. The van der Waals surface area contributed by atoms with E-state index in [2.05, 4.69) is 4.99 Å². The average molecular weight is 498 g/mol. The van der Waals surface area contributed by atoms with Gasteiger partial charge in [0.15, 0.2) is 4.80 Å². The molecule has 6 nitrogen and oxygen atoms in total. The zero-order valence-electron chi connectivity index (χ0n) is 17.6. The first kappa shape index (κ1) is 23.0. The van der Waals surface area contributed by atoms with Crippen LogP contribution in [0.4, 0.5) is 5.69 Å². The summed E-state index contributed by atoms with van der Waals surface area (Å²) in [6.45, 7) is 0.123. The Morgan fingerprint density at radius 3 is 2.42 bits per heavy atom. The van der Waals surface area contributed by atoms with E-state index in [1.807, 2.05) is 35.7 Å². The highest BCUT2D eigenvalue weighted by Gasteiger charge is 2.26. The van der Waals surface area contributed by atoms with Gasteiger partial charge in [0.1, 0.15) is 0 Å². The second-order valence-electron chi connectivity index (χ2n) is 7.21. The first-order valence-electron chi connectivity index (χ1n) is 9.96. The van der Waals surface area contributed by atoms with Gasteiger partial charge in [0, 0.05) is 29.2 Å². The third-order valence-corrected chi connectivity index (χ3v) is 7.78. The fourth-order valence-electron chi connectivity index (χ4n) is 3.17. The van der Waals surface area contributed by atoms with Gasteiger partial charge in [-0.25, -0.2) is 8.42 Å². The lowest BCUT2D eigenvalue weighted by molar-refractivity contribution is 0.0997. The highest BCUT2D eigenvalue weighted by Crippen LogP contribution is 2.28. The summed E-state index contributed by atoms with van der Waals surface area (Å²) in [6, 6.07) is 21.8. The first-order chi connectivity index (χ1) is 15.8. The maximum absolute atomic E-state index is 13.7. The van der Waals surface area contributed by atoms with E-state index >= 15 is 0 Å². The van der Waals surface area contributed by atoms with Crippen molar-refractivity contribution in [1.82, 2.24) is 4.57 Å². The van der Waals surface area contributed by atoms with E-state index in [4.69, 9.17) is 11.6 Å². The van der Waals surface area contributed by atoms with Crippen LogP contribution >= 0.6 is 22.9 Å². The summed E-state index contributed by atoms with van der Waals surface area (Å²) in [7, 11) is -2.21. The van der Waals surface area contributed by atoms with Crippen molar-refractivity contribution < 1.29 is 13.2 Å². The van der Waals surface area contributed by atoms with Gasteiger partial charge in [0.25, 0.3) is 15.9 Å². The highest BCUT2D eigenvalue weighted by molar-refractivity contribution is 7.92. The number of carbonyl (C=O) groups is 1. The van der Waals surface area contributed by atoms with Crippen molar-refractivity contribution in [2.24, 2.45) is 12.0 Å². The molecule has 0 aliphatic rings. The fourth-order valence-corrected chi connectivity index (χ4v) is 5.53. The van der Waals surface area contributed by atoms with Crippen LogP contribution in [-0.2, 0) is 23.6 Å². The summed E-state index contributed by atoms with van der Waals surface area (Å²) >= 11 is 7.34. The van der Waals surface area contributed by atoms with Crippen molar-refractivity contribution in [2.45, 2.75) is 11.4 Å². The zero-order chi connectivity index (χ0) is 23.4. The van der Waals surface area contributed by atoms with E-state index < -0.39 is 15.9 Å². The van der Waals surface area contributed by atoms with Crippen molar-refractivity contribution in [3.05, 3.63) is 111 Å². The summed E-state index contributed by atoms with van der Waals surface area (Å²) < 4.78 is 30.5. The third-order valence-electron chi connectivity index (χ3n) is 4.91. The molecule has 4 aromatic rings. The lowest BCUT2D eigenvalue weighted by Crippen LogP contribution is -2.30. The first-order valence-corrected chi connectivity index (χ1v) is 12.7. The molecule has 168 valence electrons. The highest BCUT2D eigenvalue weighted by atomic mass is 35.5. The Morgan fingerprint density at radius 1 is 1.03 bits per heavy atom. The molecule has 0 spiro atoms. The number of halogens is 1. The average Bonchev–Trinajstić information content (AvgIpc) is 3.23. The van der Waals surface area contributed by atoms with Gasteiger partial charge in [-0.05, 0) is 48.0 Å². The van der Waals surface area contributed by atoms with E-state index in [-0.39, 0.29) is 17.0 Å². The van der Waals surface area contributed by atoms with E-state index in [0.717, 1.165) is 5.56 Å². The van der Waals surface area contributed by atoms with Gasteiger partial charge >= 0.3 is 0 Å². The number of aryl methyl sites for hydroxylation is 1. The Labute approximate surface area is 201 Å². The summed E-state index contributed by atoms with van der Waals surface area (Å²) in [4.78, 5) is 17.4. The Bertz CT molecular complexity index is 1440. The quantitative estimate of drug-likeness (QED) is 0.381. The lowest BCUT2D eigenvalue weighted by Gasteiger charge is -2.25. The van der Waals surface area contributed by atoms with E-state index in [1.165, 1.54) is 27.8 Å². The minimum atomic E-state index is -4.00. The molecule has 3 aromatic carbocycles. The number of benzene rings is 3. The summed E-state index contributed by atoms with van der Waals surface area (Å²) in [6.07, 6.45) is 1.80. The van der Waals surface area contributed by atoms with Crippen LogP contribution in [0.2, 0.25) is 5.02 Å². The number of aromatic nitrogens is 1. The maximum atomic E-state index is 13.7. The number of sulfonamides is 1. The van der Waals surface area contributed by atoms with E-state index in [9.17, 15) is 13.2 Å². The van der Waals surface area contributed by atoms with Gasteiger partial charge < -0.3 is 4.57 Å². The van der Waals surface area contributed by atoms with Crippen molar-refractivity contribution in [1.29, 1.82) is 0 Å². The molecule has 1 amide bonds. The zero-order valence-corrected chi connectivity index (χ0v) is 20.0. The SMILES string of the molecule is Cn1ccsc1=NC(=O)c1cccc(S(=O)(=O)N(Cc2ccccc2)c2ccc(Cl)cc2)c1. The molecule has 0 radical (unpaired) electrons. The molecule has 0 aliphatic heterocycles. The number of nitrogens with zero attached hydrogens (tertiary/aromatic N) is 3. The number of amides is 1. The minimum absolute atomic E-state index is 0.00462. The van der Waals surface area contributed by atoms with Gasteiger partial charge in [-0.15, -0.1) is 11.3 Å². The molecule has 33 heavy (non-hydrogen) atoms. The Hall–Kier alpha value is -3.20. The second-order valence-corrected chi connectivity index (χ2v) is 10.4. The number of anilines is 1. The standard InChI is InChI=1S/C24H20ClN3O3S2/c1-27-14-15-32-24(27)26-23(29)19-8-5-9-22(16-19)33(30,31)28(17-18-6-3-2-4-7-18)21-12-10-20(25)11-13-21/h2-16H,17H2,1H3. The van der Waals surface area contributed by atoms with Crippen LogP contribution < -0.4 is 9.11 Å². The van der Waals surface area contributed by atoms with Gasteiger partial charge in [-0.3, -0.25) is 9.10 Å². The molecule has 4 rings (SSSR count). The van der Waals surface area contributed by atoms with Crippen LogP contribution in [0.5, 0.6) is 0 Å². The van der Waals surface area contributed by atoms with Gasteiger partial charge in [0.2, 0.25) is 0 Å². The molecular formula is C24H20ClN3O3S2. The molecule has 9 heteroatoms. The third kappa shape index (κ3) is 5.24. The number of hydrogen-bond acceptors (Lipinski definition) is 4. The van der Waals surface area contributed by atoms with Crippen molar-refractivity contribution in [3.8, 4) is 0 Å². The van der Waals surface area contributed by atoms with Crippen LogP contribution in [0.1, 0.15) is 15.9 Å². The molecule has 0 saturated carbocycles. The molecule has 1 heterocycles. The number of hydrogen-bond donors (Lipinski definition) is 0. The molecule has 0 unspecified atom stereocenters. The maximum Gasteiger partial charge on any atom is 0.279 e. The predicted molar refractivity (Wildman–Crippen MR) is 131 cm³/mol. The summed E-state index contributed by atoms with van der Waals surface area (Å²) in [5.74, 6) is -0.508. The molecular weight excluding hydrogens is 478 g/mol. The molecule has 1 aromatic heterocycles. The van der Waals surface area contributed by atoms with Crippen LogP contribution in [0.3, 0.4) is 0 Å². The summed E-state index contributed by atoms with van der Waals surface area (Å²) in [5, 5.41) is 2.33. The van der Waals surface area contributed by atoms with E-state index in [1.54, 1.807) is 54.2 Å². The molecule has 0 saturated heterocycles. The van der Waals surface area contributed by atoms with Crippen LogP contribution in [0.25, 0.3) is 0 Å². The van der Waals surface area contributed by atoms with Crippen LogP contribution in [0, 0.1) is 0 Å². The van der Waals surface area contributed by atoms with Crippen molar-refractivity contribution in [3.63, 3.8) is 0 Å². The molecule has 0 fully saturated rings. The number of rotatable bonds is 6. The Morgan fingerprint density at radius 2 is 1.76 bits per heavy atom. The van der Waals surface area contributed by atoms with Crippen LogP contribution in [-0.4, -0.2) is 18.9 Å². The molecule has 0 N–H and O–H groups in total. The monoisotopic (exact) mass is 497 g/mol.